The molecule has 0 fully saturated rings. The zero-order valence-corrected chi connectivity index (χ0v) is 18.4. The summed E-state index contributed by atoms with van der Waals surface area (Å²) in [4.78, 5) is 12.7. The van der Waals surface area contributed by atoms with E-state index in [1.807, 2.05) is 18.2 Å². The van der Waals surface area contributed by atoms with Crippen LogP contribution in [-0.4, -0.2) is 32.3 Å². The number of anilines is 1. The van der Waals surface area contributed by atoms with E-state index in [1.165, 1.54) is 11.4 Å². The first-order chi connectivity index (χ1) is 14.9. The van der Waals surface area contributed by atoms with Crippen LogP contribution in [0, 0.1) is 0 Å². The van der Waals surface area contributed by atoms with Crippen LogP contribution < -0.4 is 10.1 Å². The van der Waals surface area contributed by atoms with Crippen molar-refractivity contribution < 1.29 is 17.9 Å². The molecule has 0 spiro atoms. The summed E-state index contributed by atoms with van der Waals surface area (Å²) in [5, 5.41) is 3.34. The molecule has 0 bridgehead atoms. The number of benzene rings is 3. The second-order valence-electron chi connectivity index (χ2n) is 7.21. The van der Waals surface area contributed by atoms with Crippen LogP contribution in [0.5, 0.6) is 5.75 Å². The first-order valence-corrected chi connectivity index (χ1v) is 11.5. The second-order valence-corrected chi connectivity index (χ2v) is 9.59. The van der Waals surface area contributed by atoms with Crippen molar-refractivity contribution in [3.63, 3.8) is 0 Å². The molecule has 3 aromatic rings. The van der Waals surface area contributed by atoms with Gasteiger partial charge in [-0.25, -0.2) is 8.42 Å². The highest BCUT2D eigenvalue weighted by Gasteiger charge is 2.28. The molecule has 0 unspecified atom stereocenters. The van der Waals surface area contributed by atoms with Crippen molar-refractivity contribution >= 4 is 33.2 Å². The van der Waals surface area contributed by atoms with Crippen LogP contribution >= 0.6 is 11.6 Å². The second kappa shape index (κ2) is 8.70. The number of fused-ring (bicyclic) bond motifs is 1. The average Bonchev–Trinajstić information content (AvgIpc) is 2.78. The molecule has 1 aliphatic heterocycles. The number of nitrogens with zero attached hydrogens (tertiary/aromatic N) is 1. The fraction of sp³-hybridized carbons (Fsp3) is 0.174. The van der Waals surface area contributed by atoms with E-state index >= 15 is 0 Å². The number of carbonyl (C=O) groups excluding carboxylic acids is 1. The molecule has 1 N–H and O–H groups in total. The first kappa shape index (κ1) is 21.4. The average molecular weight is 457 g/mol. The van der Waals surface area contributed by atoms with Crippen LogP contribution in [0.2, 0.25) is 5.02 Å². The number of carbonyl (C=O) groups is 1. The summed E-state index contributed by atoms with van der Waals surface area (Å²) in [6, 6.07) is 18.6. The fourth-order valence-corrected chi connectivity index (χ4v) is 5.15. The van der Waals surface area contributed by atoms with Crippen LogP contribution in [0.1, 0.15) is 21.5 Å². The molecule has 160 valence electrons. The van der Waals surface area contributed by atoms with E-state index in [1.54, 1.807) is 48.5 Å². The van der Waals surface area contributed by atoms with Crippen LogP contribution in [-0.2, 0) is 23.0 Å². The zero-order valence-electron chi connectivity index (χ0n) is 16.8. The minimum absolute atomic E-state index is 0.224. The smallest absolute Gasteiger partial charge is 0.255 e. The fourth-order valence-electron chi connectivity index (χ4n) is 3.54. The third-order valence-electron chi connectivity index (χ3n) is 5.23. The normalized spacial score (nSPS) is 14.0. The molecule has 0 radical (unpaired) electrons. The molecule has 0 saturated heterocycles. The third-order valence-corrected chi connectivity index (χ3v) is 7.32. The molecule has 1 heterocycles. The summed E-state index contributed by atoms with van der Waals surface area (Å²) >= 11 is 5.96. The molecule has 8 heteroatoms. The quantitative estimate of drug-likeness (QED) is 0.619. The number of hydrogen-bond acceptors (Lipinski definition) is 4. The van der Waals surface area contributed by atoms with Crippen molar-refractivity contribution in [2.45, 2.75) is 17.9 Å². The van der Waals surface area contributed by atoms with E-state index < -0.39 is 10.0 Å². The Morgan fingerprint density at radius 1 is 1.03 bits per heavy atom. The van der Waals surface area contributed by atoms with Gasteiger partial charge >= 0.3 is 0 Å². The molecule has 3 aromatic carbocycles. The standard InChI is InChI=1S/C23H21ClN2O4S/c1-30-21-7-9-22(10-8-21)31(28,29)26-12-11-16-5-6-20(14-18(16)15-26)25-23(27)17-3-2-4-19(24)13-17/h2-10,13-14H,11-12,15H2,1H3,(H,25,27). The van der Waals surface area contributed by atoms with Gasteiger partial charge < -0.3 is 10.1 Å². The lowest BCUT2D eigenvalue weighted by molar-refractivity contribution is 0.102. The Balaban J connectivity index is 1.53. The Morgan fingerprint density at radius 3 is 2.52 bits per heavy atom. The van der Waals surface area contributed by atoms with Crippen molar-refractivity contribution in [3.05, 3.63) is 88.4 Å². The zero-order chi connectivity index (χ0) is 22.0. The highest BCUT2D eigenvalue weighted by atomic mass is 35.5. The molecular weight excluding hydrogens is 436 g/mol. The molecule has 4 rings (SSSR count). The molecule has 0 aromatic heterocycles. The number of amides is 1. The largest absolute Gasteiger partial charge is 0.497 e. The van der Waals surface area contributed by atoms with Gasteiger partial charge in [-0.3, -0.25) is 4.79 Å². The number of methoxy groups -OCH3 is 1. The number of nitrogens with one attached hydrogen (secondary N) is 1. The summed E-state index contributed by atoms with van der Waals surface area (Å²) in [5.74, 6) is 0.323. The van der Waals surface area contributed by atoms with Crippen LogP contribution in [0.4, 0.5) is 5.69 Å². The Labute approximate surface area is 186 Å². The van der Waals surface area contributed by atoms with Crippen LogP contribution in [0.3, 0.4) is 0 Å². The van der Waals surface area contributed by atoms with Crippen LogP contribution in [0.15, 0.2) is 71.6 Å². The molecule has 1 aliphatic rings. The summed E-state index contributed by atoms with van der Waals surface area (Å²) in [6.45, 7) is 0.639. The van der Waals surface area contributed by atoms with Gasteiger partial charge in [-0.05, 0) is 72.1 Å². The maximum Gasteiger partial charge on any atom is 0.255 e. The van der Waals surface area contributed by atoms with E-state index in [-0.39, 0.29) is 17.3 Å². The van der Waals surface area contributed by atoms with E-state index in [0.717, 1.165) is 11.1 Å². The van der Waals surface area contributed by atoms with Gasteiger partial charge in [-0.2, -0.15) is 4.31 Å². The topological polar surface area (TPSA) is 75.7 Å². The molecule has 1 amide bonds. The molecule has 0 aliphatic carbocycles. The molecule has 0 atom stereocenters. The van der Waals surface area contributed by atoms with Gasteiger partial charge in [-0.1, -0.05) is 23.7 Å². The molecule has 6 nitrogen and oxygen atoms in total. The van der Waals surface area contributed by atoms with Gasteiger partial charge in [0.2, 0.25) is 10.0 Å². The van der Waals surface area contributed by atoms with Crippen molar-refractivity contribution in [1.29, 1.82) is 0 Å². The van der Waals surface area contributed by atoms with E-state index in [0.29, 0.717) is 35.0 Å². The highest BCUT2D eigenvalue weighted by Crippen LogP contribution is 2.28. The Kier molecular flexibility index (Phi) is 6.00. The summed E-state index contributed by atoms with van der Waals surface area (Å²) in [6.07, 6.45) is 0.604. The van der Waals surface area contributed by atoms with Crippen molar-refractivity contribution in [1.82, 2.24) is 4.31 Å². The molecular formula is C23H21ClN2O4S. The number of halogens is 1. The van der Waals surface area contributed by atoms with E-state index in [4.69, 9.17) is 16.3 Å². The lowest BCUT2D eigenvalue weighted by Crippen LogP contribution is -2.36. The number of rotatable bonds is 5. The highest BCUT2D eigenvalue weighted by molar-refractivity contribution is 7.89. The summed E-state index contributed by atoms with van der Waals surface area (Å²) in [7, 11) is -2.10. The molecule has 31 heavy (non-hydrogen) atoms. The van der Waals surface area contributed by atoms with Gasteiger partial charge in [-0.15, -0.1) is 0 Å². The lowest BCUT2D eigenvalue weighted by atomic mass is 10.0. The number of sulfonamides is 1. The number of ether oxygens (including phenoxy) is 1. The summed E-state index contributed by atoms with van der Waals surface area (Å²) < 4.78 is 32.7. The van der Waals surface area contributed by atoms with E-state index in [2.05, 4.69) is 5.32 Å². The van der Waals surface area contributed by atoms with Crippen molar-refractivity contribution in [2.75, 3.05) is 19.0 Å². The SMILES string of the molecule is COc1ccc(S(=O)(=O)N2CCc3ccc(NC(=O)c4cccc(Cl)c4)cc3C2)cc1. The minimum Gasteiger partial charge on any atom is -0.497 e. The predicted molar refractivity (Wildman–Crippen MR) is 120 cm³/mol. The Hall–Kier alpha value is -2.87. The van der Waals surface area contributed by atoms with Crippen molar-refractivity contribution in [3.8, 4) is 5.75 Å². The van der Waals surface area contributed by atoms with Gasteiger partial charge in [0.25, 0.3) is 5.91 Å². The van der Waals surface area contributed by atoms with Gasteiger partial charge in [0.1, 0.15) is 5.75 Å². The Bertz CT molecular complexity index is 1230. The number of hydrogen-bond donors (Lipinski definition) is 1. The van der Waals surface area contributed by atoms with Crippen LogP contribution in [0.25, 0.3) is 0 Å². The summed E-state index contributed by atoms with van der Waals surface area (Å²) in [5.41, 5.74) is 3.00. The minimum atomic E-state index is -3.64. The van der Waals surface area contributed by atoms with Gasteiger partial charge in [0.05, 0.1) is 12.0 Å². The first-order valence-electron chi connectivity index (χ1n) is 9.70. The third kappa shape index (κ3) is 4.58. The Morgan fingerprint density at radius 2 is 1.81 bits per heavy atom. The monoisotopic (exact) mass is 456 g/mol. The van der Waals surface area contributed by atoms with Gasteiger partial charge in [0.15, 0.2) is 0 Å². The van der Waals surface area contributed by atoms with Gasteiger partial charge in [0, 0.05) is 29.4 Å². The maximum atomic E-state index is 13.1. The predicted octanol–water partition coefficient (Wildman–Crippen LogP) is 4.35. The van der Waals surface area contributed by atoms with E-state index in [9.17, 15) is 13.2 Å². The maximum absolute atomic E-state index is 13.1. The molecule has 0 saturated carbocycles. The van der Waals surface area contributed by atoms with Crippen molar-refractivity contribution in [2.24, 2.45) is 0 Å². The lowest BCUT2D eigenvalue weighted by Gasteiger charge is -2.28.